The van der Waals surface area contributed by atoms with Gasteiger partial charge in [0.05, 0.1) is 0 Å². The maximum absolute atomic E-state index is 12.3. The van der Waals surface area contributed by atoms with Gasteiger partial charge in [-0.25, -0.2) is 9.59 Å². The Hall–Kier alpha value is -2.60. The molecule has 0 N–H and O–H groups in total. The van der Waals surface area contributed by atoms with Crippen molar-refractivity contribution < 1.29 is 18.7 Å². The average Bonchev–Trinajstić information content (AvgIpc) is 2.92. The van der Waals surface area contributed by atoms with Gasteiger partial charge in [0.15, 0.2) is 0 Å². The van der Waals surface area contributed by atoms with Crippen LogP contribution in [0.15, 0.2) is 45.1 Å². The van der Waals surface area contributed by atoms with Gasteiger partial charge in [-0.05, 0) is 60.0 Å². The summed E-state index contributed by atoms with van der Waals surface area (Å²) in [5.41, 5.74) is 0.965. The van der Waals surface area contributed by atoms with E-state index >= 15 is 0 Å². The highest BCUT2D eigenvalue weighted by molar-refractivity contribution is 5.84. The van der Waals surface area contributed by atoms with Crippen LogP contribution >= 0.6 is 0 Å². The standard InChI is InChI=1S/C22H27NO5/c1-13(2)11-18(25)28-22(3,4)21-15(12-23(5)6)19-16(26-21)9-7-14-8-10-17(24)27-20(14)19/h7-11,15,21H,12H2,1-6H3. The first-order chi connectivity index (χ1) is 13.1. The van der Waals surface area contributed by atoms with Crippen molar-refractivity contribution in [2.75, 3.05) is 20.6 Å². The van der Waals surface area contributed by atoms with Gasteiger partial charge >= 0.3 is 11.6 Å². The molecule has 3 rings (SSSR count). The lowest BCUT2D eigenvalue weighted by atomic mass is 9.85. The van der Waals surface area contributed by atoms with Crippen LogP contribution in [0.1, 0.15) is 39.2 Å². The lowest BCUT2D eigenvalue weighted by molar-refractivity contribution is -0.159. The molecule has 1 aromatic carbocycles. The largest absolute Gasteiger partial charge is 0.485 e. The zero-order valence-electron chi connectivity index (χ0n) is 17.2. The third-order valence-corrected chi connectivity index (χ3v) is 4.80. The first kappa shape index (κ1) is 20.1. The Morgan fingerprint density at radius 1 is 1.21 bits per heavy atom. The highest BCUT2D eigenvalue weighted by Crippen LogP contribution is 2.46. The zero-order valence-corrected chi connectivity index (χ0v) is 17.2. The van der Waals surface area contributed by atoms with Crippen LogP contribution in [0.3, 0.4) is 0 Å². The van der Waals surface area contributed by atoms with Crippen molar-refractivity contribution in [2.45, 2.75) is 45.3 Å². The first-order valence-corrected chi connectivity index (χ1v) is 9.34. The van der Waals surface area contributed by atoms with Crippen molar-refractivity contribution in [1.82, 2.24) is 4.90 Å². The third-order valence-electron chi connectivity index (χ3n) is 4.80. The van der Waals surface area contributed by atoms with Gasteiger partial charge in [-0.2, -0.15) is 0 Å². The molecular weight excluding hydrogens is 358 g/mol. The Morgan fingerprint density at radius 3 is 2.54 bits per heavy atom. The summed E-state index contributed by atoms with van der Waals surface area (Å²) in [4.78, 5) is 26.2. The molecule has 0 aliphatic carbocycles. The molecule has 2 unspecified atom stereocenters. The molecule has 28 heavy (non-hydrogen) atoms. The molecule has 2 heterocycles. The fourth-order valence-corrected chi connectivity index (χ4v) is 3.75. The van der Waals surface area contributed by atoms with Gasteiger partial charge in [-0.3, -0.25) is 0 Å². The molecule has 0 spiro atoms. The molecule has 6 heteroatoms. The maximum atomic E-state index is 12.3. The van der Waals surface area contributed by atoms with Crippen LogP contribution in [0.2, 0.25) is 0 Å². The van der Waals surface area contributed by atoms with Crippen LogP contribution in [-0.4, -0.2) is 43.2 Å². The van der Waals surface area contributed by atoms with E-state index in [4.69, 9.17) is 13.9 Å². The fraction of sp³-hybridized carbons (Fsp3) is 0.455. The molecule has 150 valence electrons. The number of ether oxygens (including phenoxy) is 2. The summed E-state index contributed by atoms with van der Waals surface area (Å²) in [7, 11) is 3.94. The van der Waals surface area contributed by atoms with E-state index in [1.54, 1.807) is 6.07 Å². The molecule has 6 nitrogen and oxygen atoms in total. The minimum absolute atomic E-state index is 0.131. The molecule has 0 fully saturated rings. The SMILES string of the molecule is CC(C)=CC(=O)OC(C)(C)C1Oc2ccc3ccc(=O)oc3c2C1CN(C)C. The van der Waals surface area contributed by atoms with Crippen molar-refractivity contribution in [3.05, 3.63) is 51.9 Å². The summed E-state index contributed by atoms with van der Waals surface area (Å²) < 4.78 is 17.6. The van der Waals surface area contributed by atoms with Crippen LogP contribution in [0.5, 0.6) is 5.75 Å². The summed E-state index contributed by atoms with van der Waals surface area (Å²) >= 11 is 0. The first-order valence-electron chi connectivity index (χ1n) is 9.34. The topological polar surface area (TPSA) is 69.0 Å². The average molecular weight is 385 g/mol. The number of hydrogen-bond donors (Lipinski definition) is 0. The fourth-order valence-electron chi connectivity index (χ4n) is 3.75. The maximum Gasteiger partial charge on any atom is 0.336 e. The molecule has 0 bridgehead atoms. The second-order valence-electron chi connectivity index (χ2n) is 8.30. The van der Waals surface area contributed by atoms with E-state index in [0.29, 0.717) is 17.9 Å². The highest BCUT2D eigenvalue weighted by atomic mass is 16.6. The monoisotopic (exact) mass is 385 g/mol. The number of fused-ring (bicyclic) bond motifs is 3. The number of nitrogens with zero attached hydrogens (tertiary/aromatic N) is 1. The van der Waals surface area contributed by atoms with Crippen molar-refractivity contribution in [1.29, 1.82) is 0 Å². The number of likely N-dealkylation sites (N-methyl/N-ethyl adjacent to an activating group) is 1. The normalized spacial score (nSPS) is 18.7. The van der Waals surface area contributed by atoms with E-state index in [2.05, 4.69) is 0 Å². The number of carbonyl (C=O) groups excluding carboxylic acids is 1. The minimum atomic E-state index is -0.885. The van der Waals surface area contributed by atoms with Crippen molar-refractivity contribution >= 4 is 16.9 Å². The van der Waals surface area contributed by atoms with E-state index in [1.807, 2.05) is 58.8 Å². The van der Waals surface area contributed by atoms with Crippen molar-refractivity contribution in [3.63, 3.8) is 0 Å². The van der Waals surface area contributed by atoms with Gasteiger partial charge in [0.2, 0.25) is 0 Å². The molecular formula is C22H27NO5. The Kier molecular flexibility index (Phi) is 5.35. The lowest BCUT2D eigenvalue weighted by Gasteiger charge is -2.34. The number of rotatable bonds is 5. The quantitative estimate of drug-likeness (QED) is 0.446. The third kappa shape index (κ3) is 3.97. The van der Waals surface area contributed by atoms with E-state index in [9.17, 15) is 9.59 Å². The summed E-state index contributed by atoms with van der Waals surface area (Å²) in [6.45, 7) is 8.04. The highest BCUT2D eigenvalue weighted by Gasteiger charge is 2.47. The number of esters is 1. The minimum Gasteiger partial charge on any atom is -0.485 e. The van der Waals surface area contributed by atoms with Gasteiger partial charge in [0.25, 0.3) is 0 Å². The van der Waals surface area contributed by atoms with Gasteiger partial charge in [0.1, 0.15) is 23.0 Å². The predicted octanol–water partition coefficient (Wildman–Crippen LogP) is 3.49. The molecule has 0 radical (unpaired) electrons. The van der Waals surface area contributed by atoms with Crippen molar-refractivity contribution in [3.8, 4) is 5.75 Å². The van der Waals surface area contributed by atoms with Crippen LogP contribution in [-0.2, 0) is 9.53 Å². The molecule has 1 aromatic heterocycles. The number of allylic oxidation sites excluding steroid dienone is 1. The second-order valence-corrected chi connectivity index (χ2v) is 8.30. The molecule has 0 saturated heterocycles. The van der Waals surface area contributed by atoms with Crippen LogP contribution in [0.25, 0.3) is 11.0 Å². The van der Waals surface area contributed by atoms with Gasteiger partial charge in [-0.15, -0.1) is 0 Å². The zero-order chi connectivity index (χ0) is 20.6. The smallest absolute Gasteiger partial charge is 0.336 e. The lowest BCUT2D eigenvalue weighted by Crippen LogP contribution is -2.47. The second kappa shape index (κ2) is 7.43. The molecule has 2 aromatic rings. The van der Waals surface area contributed by atoms with Gasteiger partial charge in [0, 0.05) is 35.6 Å². The van der Waals surface area contributed by atoms with E-state index in [1.165, 1.54) is 12.1 Å². The summed E-state index contributed by atoms with van der Waals surface area (Å²) in [5, 5.41) is 0.839. The molecule has 0 saturated carbocycles. The van der Waals surface area contributed by atoms with Gasteiger partial charge < -0.3 is 18.8 Å². The Balaban J connectivity index is 2.06. The summed E-state index contributed by atoms with van der Waals surface area (Å²) in [6, 6.07) is 6.91. The van der Waals surface area contributed by atoms with E-state index < -0.39 is 23.3 Å². The van der Waals surface area contributed by atoms with Crippen LogP contribution < -0.4 is 10.4 Å². The van der Waals surface area contributed by atoms with E-state index in [0.717, 1.165) is 16.5 Å². The molecule has 1 aliphatic heterocycles. The molecule has 2 atom stereocenters. The van der Waals surface area contributed by atoms with E-state index in [-0.39, 0.29) is 5.92 Å². The molecule has 1 aliphatic rings. The Labute approximate surface area is 164 Å². The summed E-state index contributed by atoms with van der Waals surface area (Å²) in [6.07, 6.45) is 1.05. The van der Waals surface area contributed by atoms with Gasteiger partial charge in [-0.1, -0.05) is 5.57 Å². The number of carbonyl (C=O) groups is 1. The van der Waals surface area contributed by atoms with Crippen LogP contribution in [0, 0.1) is 0 Å². The Bertz CT molecular complexity index is 982. The van der Waals surface area contributed by atoms with Crippen molar-refractivity contribution in [2.24, 2.45) is 0 Å². The summed E-state index contributed by atoms with van der Waals surface area (Å²) in [5.74, 6) is 0.128. The number of benzene rings is 1. The molecule has 0 amide bonds. The Morgan fingerprint density at radius 2 is 1.89 bits per heavy atom. The number of hydrogen-bond acceptors (Lipinski definition) is 6. The predicted molar refractivity (Wildman–Crippen MR) is 108 cm³/mol. The van der Waals surface area contributed by atoms with Crippen LogP contribution in [0.4, 0.5) is 0 Å².